The third-order valence-corrected chi connectivity index (χ3v) is 3.73. The Morgan fingerprint density at radius 1 is 1.44 bits per heavy atom. The molecule has 1 aliphatic rings. The molecule has 0 radical (unpaired) electrons. The van der Waals surface area contributed by atoms with E-state index in [0.29, 0.717) is 5.02 Å². The van der Waals surface area contributed by atoms with Gasteiger partial charge in [0.1, 0.15) is 11.9 Å². The molecule has 100 valence electrons. The van der Waals surface area contributed by atoms with Crippen molar-refractivity contribution in [2.24, 2.45) is 0 Å². The van der Waals surface area contributed by atoms with E-state index >= 15 is 0 Å². The van der Waals surface area contributed by atoms with Crippen LogP contribution in [-0.4, -0.2) is 42.9 Å². The first kappa shape index (κ1) is 13.7. The minimum atomic E-state index is -0.279. The molecule has 0 bridgehead atoms. The predicted molar refractivity (Wildman–Crippen MR) is 73.5 cm³/mol. The van der Waals surface area contributed by atoms with Gasteiger partial charge in [0.25, 0.3) is 0 Å². The molecule has 0 atom stereocenters. The van der Waals surface area contributed by atoms with Crippen molar-refractivity contribution in [3.63, 3.8) is 0 Å². The molecule has 18 heavy (non-hydrogen) atoms. The summed E-state index contributed by atoms with van der Waals surface area (Å²) in [5.41, 5.74) is 0.742. The second kappa shape index (κ2) is 5.08. The molecule has 1 N–H and O–H groups in total. The molecule has 0 spiro atoms. The normalized spacial score (nSPS) is 17.6. The van der Waals surface area contributed by atoms with Gasteiger partial charge in [0.15, 0.2) is 0 Å². The number of rotatable bonds is 4. The van der Waals surface area contributed by atoms with Gasteiger partial charge in [0.05, 0.1) is 11.6 Å². The fourth-order valence-electron chi connectivity index (χ4n) is 2.00. The Balaban J connectivity index is 2.10. The number of hydrogen-bond donors (Lipinski definition) is 1. The van der Waals surface area contributed by atoms with Gasteiger partial charge in [-0.05, 0) is 24.7 Å². The van der Waals surface area contributed by atoms with E-state index in [2.05, 4.69) is 11.9 Å². The zero-order valence-electron chi connectivity index (χ0n) is 11.1. The lowest BCUT2D eigenvalue weighted by Gasteiger charge is -2.36. The standard InChI is InChI=1S/C14H20ClNO2/c1-14(2,9-17)10-4-5-13(12(15)6-10)18-11-7-16(3)8-11/h4-6,11,17H,7-9H2,1-3H3. The largest absolute Gasteiger partial charge is 0.486 e. The van der Waals surface area contributed by atoms with Gasteiger partial charge in [-0.3, -0.25) is 4.90 Å². The van der Waals surface area contributed by atoms with E-state index in [-0.39, 0.29) is 18.1 Å². The molecule has 1 saturated heterocycles. The number of ether oxygens (including phenoxy) is 1. The summed E-state index contributed by atoms with van der Waals surface area (Å²) < 4.78 is 5.82. The average Bonchev–Trinajstić information content (AvgIpc) is 2.29. The van der Waals surface area contributed by atoms with Crippen LogP contribution < -0.4 is 4.74 Å². The summed E-state index contributed by atoms with van der Waals surface area (Å²) in [6.45, 7) is 5.96. The number of aliphatic hydroxyl groups is 1. The second-order valence-corrected chi connectivity index (χ2v) is 6.06. The van der Waals surface area contributed by atoms with Crippen LogP contribution >= 0.6 is 11.6 Å². The van der Waals surface area contributed by atoms with Crippen LogP contribution in [0.3, 0.4) is 0 Å². The van der Waals surface area contributed by atoms with Gasteiger partial charge in [0, 0.05) is 18.5 Å². The Kier molecular flexibility index (Phi) is 3.85. The van der Waals surface area contributed by atoms with E-state index in [1.165, 1.54) is 0 Å². The molecule has 0 unspecified atom stereocenters. The maximum Gasteiger partial charge on any atom is 0.138 e. The molecule has 1 aromatic rings. The Morgan fingerprint density at radius 2 is 2.11 bits per heavy atom. The fraction of sp³-hybridized carbons (Fsp3) is 0.571. The zero-order chi connectivity index (χ0) is 13.3. The number of likely N-dealkylation sites (N-methyl/N-ethyl adjacent to an activating group) is 1. The van der Waals surface area contributed by atoms with E-state index in [1.54, 1.807) is 0 Å². The van der Waals surface area contributed by atoms with Crippen molar-refractivity contribution in [3.05, 3.63) is 28.8 Å². The smallest absolute Gasteiger partial charge is 0.138 e. The summed E-state index contributed by atoms with van der Waals surface area (Å²) in [7, 11) is 2.06. The van der Waals surface area contributed by atoms with Crippen molar-refractivity contribution in [1.29, 1.82) is 0 Å². The minimum absolute atomic E-state index is 0.0942. The Morgan fingerprint density at radius 3 is 2.61 bits per heavy atom. The molecule has 1 heterocycles. The van der Waals surface area contributed by atoms with E-state index in [9.17, 15) is 5.11 Å². The third-order valence-electron chi connectivity index (χ3n) is 3.43. The van der Waals surface area contributed by atoms with Gasteiger partial charge in [-0.15, -0.1) is 0 Å². The molecule has 1 aromatic carbocycles. The van der Waals surface area contributed by atoms with Gasteiger partial charge in [0.2, 0.25) is 0 Å². The lowest BCUT2D eigenvalue weighted by atomic mass is 9.86. The first-order valence-corrected chi connectivity index (χ1v) is 6.56. The summed E-state index contributed by atoms with van der Waals surface area (Å²) in [5, 5.41) is 9.96. The van der Waals surface area contributed by atoms with Crippen molar-refractivity contribution in [3.8, 4) is 5.75 Å². The molecule has 1 fully saturated rings. The molecule has 0 aliphatic carbocycles. The molecule has 4 heteroatoms. The number of aliphatic hydroxyl groups excluding tert-OH is 1. The summed E-state index contributed by atoms with van der Waals surface area (Å²) in [4.78, 5) is 2.20. The van der Waals surface area contributed by atoms with E-state index in [1.807, 2.05) is 32.0 Å². The van der Waals surface area contributed by atoms with E-state index in [0.717, 1.165) is 24.4 Å². The Labute approximate surface area is 113 Å². The Hall–Kier alpha value is -0.770. The average molecular weight is 270 g/mol. The minimum Gasteiger partial charge on any atom is -0.486 e. The van der Waals surface area contributed by atoms with Crippen molar-refractivity contribution in [2.45, 2.75) is 25.4 Å². The van der Waals surface area contributed by atoms with Crippen molar-refractivity contribution >= 4 is 11.6 Å². The maximum absolute atomic E-state index is 9.35. The lowest BCUT2D eigenvalue weighted by molar-refractivity contribution is 0.0389. The molecule has 0 saturated carbocycles. The second-order valence-electron chi connectivity index (χ2n) is 5.65. The SMILES string of the molecule is CN1CC(Oc2ccc(C(C)(C)CO)cc2Cl)C1. The number of halogens is 1. The fourth-order valence-corrected chi connectivity index (χ4v) is 2.23. The molecular formula is C14H20ClNO2. The Bertz CT molecular complexity index is 428. The number of hydrogen-bond acceptors (Lipinski definition) is 3. The number of nitrogens with zero attached hydrogens (tertiary/aromatic N) is 1. The van der Waals surface area contributed by atoms with Crippen LogP contribution in [0.5, 0.6) is 5.75 Å². The van der Waals surface area contributed by atoms with E-state index < -0.39 is 0 Å². The van der Waals surface area contributed by atoms with Crippen LogP contribution in [0.25, 0.3) is 0 Å². The van der Waals surface area contributed by atoms with Gasteiger partial charge in [-0.1, -0.05) is 31.5 Å². The van der Waals surface area contributed by atoms with Gasteiger partial charge in [-0.2, -0.15) is 0 Å². The van der Waals surface area contributed by atoms with Gasteiger partial charge in [-0.25, -0.2) is 0 Å². The zero-order valence-corrected chi connectivity index (χ0v) is 11.9. The highest BCUT2D eigenvalue weighted by molar-refractivity contribution is 6.32. The predicted octanol–water partition coefficient (Wildman–Crippen LogP) is 2.30. The first-order chi connectivity index (χ1) is 8.42. The van der Waals surface area contributed by atoms with Crippen LogP contribution in [0.2, 0.25) is 5.02 Å². The highest BCUT2D eigenvalue weighted by Gasteiger charge is 2.26. The molecule has 1 aliphatic heterocycles. The first-order valence-electron chi connectivity index (χ1n) is 6.18. The summed E-state index contributed by atoms with van der Waals surface area (Å²) in [6.07, 6.45) is 0.240. The number of likely N-dealkylation sites (tertiary alicyclic amines) is 1. The lowest BCUT2D eigenvalue weighted by Crippen LogP contribution is -2.51. The molecule has 2 rings (SSSR count). The molecule has 3 nitrogen and oxygen atoms in total. The topological polar surface area (TPSA) is 32.7 Å². The van der Waals surface area contributed by atoms with Gasteiger partial charge >= 0.3 is 0 Å². The highest BCUT2D eigenvalue weighted by atomic mass is 35.5. The summed E-state index contributed by atoms with van der Waals surface area (Å²) in [6, 6.07) is 5.75. The summed E-state index contributed by atoms with van der Waals surface area (Å²) >= 11 is 6.23. The molecular weight excluding hydrogens is 250 g/mol. The summed E-state index contributed by atoms with van der Waals surface area (Å²) in [5.74, 6) is 0.729. The quantitative estimate of drug-likeness (QED) is 0.911. The van der Waals surface area contributed by atoms with Crippen molar-refractivity contribution in [2.75, 3.05) is 26.7 Å². The maximum atomic E-state index is 9.35. The van der Waals surface area contributed by atoms with Gasteiger partial charge < -0.3 is 9.84 Å². The van der Waals surface area contributed by atoms with Crippen LogP contribution in [0.4, 0.5) is 0 Å². The highest BCUT2D eigenvalue weighted by Crippen LogP contribution is 2.32. The van der Waals surface area contributed by atoms with Crippen molar-refractivity contribution < 1.29 is 9.84 Å². The van der Waals surface area contributed by atoms with Crippen molar-refractivity contribution in [1.82, 2.24) is 4.90 Å². The molecule has 0 amide bonds. The van der Waals surface area contributed by atoms with E-state index in [4.69, 9.17) is 16.3 Å². The van der Waals surface area contributed by atoms with Crippen LogP contribution in [0.1, 0.15) is 19.4 Å². The monoisotopic (exact) mass is 269 g/mol. The third kappa shape index (κ3) is 2.79. The molecule has 0 aromatic heterocycles. The van der Waals surface area contributed by atoms with Crippen LogP contribution in [0, 0.1) is 0 Å². The van der Waals surface area contributed by atoms with Crippen LogP contribution in [0.15, 0.2) is 18.2 Å². The van der Waals surface area contributed by atoms with Crippen LogP contribution in [-0.2, 0) is 5.41 Å². The number of benzene rings is 1.